The lowest BCUT2D eigenvalue weighted by Crippen LogP contribution is -2.14. The average Bonchev–Trinajstić information content (AvgIpc) is 2.89. The van der Waals surface area contributed by atoms with Gasteiger partial charge in [0.2, 0.25) is 0 Å². The Kier molecular flexibility index (Phi) is 14.6. The van der Waals surface area contributed by atoms with Crippen LogP contribution in [0.5, 0.6) is 0 Å². The molecule has 7 nitrogen and oxygen atoms in total. The molecule has 2 N–H and O–H groups in total. The quantitative estimate of drug-likeness (QED) is 0.132. The Hall–Kier alpha value is -3.49. The first-order valence-corrected chi connectivity index (χ1v) is 12.7. The summed E-state index contributed by atoms with van der Waals surface area (Å²) in [6.45, 7) is 2.62. The van der Waals surface area contributed by atoms with Crippen LogP contribution in [-0.2, 0) is 20.8 Å². The molecule has 0 aliphatic rings. The van der Waals surface area contributed by atoms with Crippen molar-refractivity contribution in [3.8, 4) is 0 Å². The number of nitrogens with zero attached hydrogens (tertiary/aromatic N) is 1. The number of anilines is 1. The molecule has 0 saturated heterocycles. The average molecular weight is 586 g/mol. The Morgan fingerprint density at radius 3 is 1.79 bits per heavy atom. The molecule has 0 fully saturated rings. The van der Waals surface area contributed by atoms with Gasteiger partial charge in [0.25, 0.3) is 0 Å². The minimum absolute atomic E-state index is 0. The number of nitrogens with two attached hydrogens (primary N) is 1. The molecule has 0 amide bonds. The molecule has 0 aromatic heterocycles. The molecular weight excluding hydrogens is 548 g/mol. The van der Waals surface area contributed by atoms with Crippen molar-refractivity contribution in [1.82, 2.24) is 4.90 Å². The molecule has 3 rings (SSSR count). The van der Waals surface area contributed by atoms with Crippen LogP contribution in [0, 0.1) is 0 Å². The second-order valence-electron chi connectivity index (χ2n) is 8.51. The standard InChI is InChI=1S/C16H23BrN2O4.C13H10O.CH4/c1-11(20)22-6-4-5-7-23-16(21)12-8-13(10-19(2)3)15(18)14(17)9-12;14-13(11-7-3-1-4-8-11)12-9-5-2-6-10-12;/h8-9H,4-7,10,18H2,1-3H3;1-10H;1H4. The van der Waals surface area contributed by atoms with Crippen LogP contribution in [0.3, 0.4) is 0 Å². The van der Waals surface area contributed by atoms with Crippen molar-refractivity contribution < 1.29 is 23.9 Å². The fraction of sp³-hybridized carbons (Fsp3) is 0.300. The zero-order valence-electron chi connectivity index (χ0n) is 21.4. The van der Waals surface area contributed by atoms with Crippen molar-refractivity contribution in [2.24, 2.45) is 0 Å². The van der Waals surface area contributed by atoms with Gasteiger partial charge in [0, 0.05) is 29.1 Å². The third-order valence-corrected chi connectivity index (χ3v) is 5.74. The molecule has 0 unspecified atom stereocenters. The number of carbonyl (C=O) groups is 3. The number of esters is 2. The van der Waals surface area contributed by atoms with E-state index in [4.69, 9.17) is 15.2 Å². The van der Waals surface area contributed by atoms with Crippen molar-refractivity contribution >= 4 is 39.3 Å². The van der Waals surface area contributed by atoms with E-state index in [9.17, 15) is 14.4 Å². The largest absolute Gasteiger partial charge is 0.466 e. The smallest absolute Gasteiger partial charge is 0.338 e. The summed E-state index contributed by atoms with van der Waals surface area (Å²) in [6, 6.07) is 22.0. The van der Waals surface area contributed by atoms with Crippen LogP contribution in [-0.4, -0.2) is 49.9 Å². The minimum atomic E-state index is -0.391. The van der Waals surface area contributed by atoms with E-state index >= 15 is 0 Å². The first-order chi connectivity index (χ1) is 17.7. The van der Waals surface area contributed by atoms with Gasteiger partial charge in [-0.1, -0.05) is 68.1 Å². The summed E-state index contributed by atoms with van der Waals surface area (Å²) in [4.78, 5) is 36.5. The van der Waals surface area contributed by atoms with Crippen molar-refractivity contribution in [1.29, 1.82) is 0 Å². The summed E-state index contributed by atoms with van der Waals surface area (Å²) in [7, 11) is 3.86. The highest BCUT2D eigenvalue weighted by Gasteiger charge is 2.13. The molecular formula is C30H37BrN2O5. The van der Waals surface area contributed by atoms with Crippen LogP contribution in [0.25, 0.3) is 0 Å². The number of benzene rings is 3. The minimum Gasteiger partial charge on any atom is -0.466 e. The highest BCUT2D eigenvalue weighted by Crippen LogP contribution is 2.26. The number of carbonyl (C=O) groups excluding carboxylic acids is 3. The first kappa shape index (κ1) is 32.5. The van der Waals surface area contributed by atoms with E-state index in [1.807, 2.05) is 79.7 Å². The van der Waals surface area contributed by atoms with Crippen molar-refractivity contribution in [2.75, 3.05) is 33.0 Å². The molecule has 0 radical (unpaired) electrons. The van der Waals surface area contributed by atoms with E-state index in [1.54, 1.807) is 12.1 Å². The van der Waals surface area contributed by atoms with Crippen LogP contribution in [0.2, 0.25) is 0 Å². The lowest BCUT2D eigenvalue weighted by Gasteiger charge is -2.14. The molecule has 3 aromatic rings. The zero-order valence-corrected chi connectivity index (χ0v) is 23.0. The Morgan fingerprint density at radius 2 is 1.32 bits per heavy atom. The number of ether oxygens (including phenoxy) is 2. The normalized spacial score (nSPS) is 10.0. The predicted octanol–water partition coefficient (Wildman–Crippen LogP) is 6.15. The second-order valence-corrected chi connectivity index (χ2v) is 9.37. The summed E-state index contributed by atoms with van der Waals surface area (Å²) >= 11 is 3.37. The van der Waals surface area contributed by atoms with Gasteiger partial charge in [0.1, 0.15) is 0 Å². The summed E-state index contributed by atoms with van der Waals surface area (Å²) < 4.78 is 10.7. The van der Waals surface area contributed by atoms with E-state index in [-0.39, 0.29) is 25.8 Å². The van der Waals surface area contributed by atoms with E-state index in [0.717, 1.165) is 16.7 Å². The number of rotatable bonds is 10. The second kappa shape index (κ2) is 17.1. The number of nitrogen functional groups attached to an aromatic ring is 1. The summed E-state index contributed by atoms with van der Waals surface area (Å²) in [5, 5.41) is 0. The molecule has 0 bridgehead atoms. The Balaban J connectivity index is 0.000000410. The molecule has 0 aliphatic heterocycles. The van der Waals surface area contributed by atoms with Gasteiger partial charge in [-0.2, -0.15) is 0 Å². The topological polar surface area (TPSA) is 98.9 Å². The van der Waals surface area contributed by atoms with Gasteiger partial charge < -0.3 is 20.1 Å². The number of hydrogen-bond acceptors (Lipinski definition) is 7. The van der Waals surface area contributed by atoms with Crippen LogP contribution >= 0.6 is 15.9 Å². The fourth-order valence-electron chi connectivity index (χ4n) is 3.28. The lowest BCUT2D eigenvalue weighted by atomic mass is 10.0. The molecule has 0 spiro atoms. The van der Waals surface area contributed by atoms with Crippen molar-refractivity contribution in [3.05, 3.63) is 99.5 Å². The van der Waals surface area contributed by atoms with E-state index < -0.39 is 5.97 Å². The van der Waals surface area contributed by atoms with E-state index in [0.29, 0.717) is 41.7 Å². The molecule has 3 aromatic carbocycles. The van der Waals surface area contributed by atoms with Gasteiger partial charge in [0.15, 0.2) is 5.78 Å². The SMILES string of the molecule is C.CC(=O)OCCCCOC(=O)c1cc(Br)c(N)c(CN(C)C)c1.O=C(c1ccccc1)c1ccccc1. The van der Waals surface area contributed by atoms with Gasteiger partial charge in [-0.3, -0.25) is 9.59 Å². The van der Waals surface area contributed by atoms with Gasteiger partial charge in [-0.05, 0) is 60.6 Å². The van der Waals surface area contributed by atoms with Gasteiger partial charge in [0.05, 0.1) is 24.5 Å². The number of halogens is 1. The van der Waals surface area contributed by atoms with Gasteiger partial charge in [-0.15, -0.1) is 0 Å². The maximum absolute atomic E-state index is 12.1. The van der Waals surface area contributed by atoms with Crippen molar-refractivity contribution in [3.63, 3.8) is 0 Å². The van der Waals surface area contributed by atoms with Gasteiger partial charge >= 0.3 is 11.9 Å². The number of unbranched alkanes of at least 4 members (excludes halogenated alkanes) is 1. The Morgan fingerprint density at radius 1 is 0.816 bits per heavy atom. The monoisotopic (exact) mass is 584 g/mol. The van der Waals surface area contributed by atoms with E-state index in [1.165, 1.54) is 6.92 Å². The molecule has 204 valence electrons. The van der Waals surface area contributed by atoms with Crippen LogP contribution in [0.15, 0.2) is 77.3 Å². The maximum atomic E-state index is 12.1. The third-order valence-electron chi connectivity index (χ3n) is 5.09. The molecule has 0 aliphatic carbocycles. The molecule has 38 heavy (non-hydrogen) atoms. The van der Waals surface area contributed by atoms with Gasteiger partial charge in [-0.25, -0.2) is 4.79 Å². The summed E-state index contributed by atoms with van der Waals surface area (Å²) in [6.07, 6.45) is 1.30. The number of hydrogen-bond donors (Lipinski definition) is 1. The summed E-state index contributed by atoms with van der Waals surface area (Å²) in [5.74, 6) is -0.619. The highest BCUT2D eigenvalue weighted by atomic mass is 79.9. The molecule has 0 saturated carbocycles. The molecule has 8 heteroatoms. The Bertz CT molecular complexity index is 1130. The fourth-order valence-corrected chi connectivity index (χ4v) is 3.78. The maximum Gasteiger partial charge on any atom is 0.338 e. The lowest BCUT2D eigenvalue weighted by molar-refractivity contribution is -0.141. The number of ketones is 1. The summed E-state index contributed by atoms with van der Waals surface area (Å²) in [5.41, 5.74) is 9.43. The highest BCUT2D eigenvalue weighted by molar-refractivity contribution is 9.10. The van der Waals surface area contributed by atoms with Crippen LogP contribution in [0.4, 0.5) is 5.69 Å². The van der Waals surface area contributed by atoms with E-state index in [2.05, 4.69) is 15.9 Å². The zero-order chi connectivity index (χ0) is 27.2. The first-order valence-electron chi connectivity index (χ1n) is 11.9. The molecule has 0 atom stereocenters. The third kappa shape index (κ3) is 11.3. The van der Waals surface area contributed by atoms with Crippen LogP contribution < -0.4 is 5.73 Å². The predicted molar refractivity (Wildman–Crippen MR) is 155 cm³/mol. The van der Waals surface area contributed by atoms with Crippen molar-refractivity contribution in [2.45, 2.75) is 33.7 Å². The molecule has 0 heterocycles. The Labute approximate surface area is 234 Å². The van der Waals surface area contributed by atoms with Crippen LogP contribution in [0.1, 0.15) is 59.0 Å².